The summed E-state index contributed by atoms with van der Waals surface area (Å²) in [6.45, 7) is -2.01. The zero-order valence-corrected chi connectivity index (χ0v) is 19.8. The number of nitrogens with zero attached hydrogens (tertiary/aromatic N) is 1. The third-order valence-electron chi connectivity index (χ3n) is 5.95. The average molecular weight is 529 g/mol. The van der Waals surface area contributed by atoms with Crippen LogP contribution in [-0.4, -0.2) is 41.2 Å². The molecular weight excluding hydrogens is 504 g/mol. The molecule has 1 saturated heterocycles. The van der Waals surface area contributed by atoms with Crippen molar-refractivity contribution in [3.05, 3.63) is 78.9 Å². The maximum Gasteiger partial charge on any atom is 0.429 e. The molecule has 3 aromatic rings. The Morgan fingerprint density at radius 3 is 1.67 bits per heavy atom. The minimum absolute atomic E-state index is 0.239. The first-order chi connectivity index (χ1) is 17.0. The third-order valence-corrected chi connectivity index (χ3v) is 8.46. The fourth-order valence-corrected chi connectivity index (χ4v) is 6.21. The fourth-order valence-electron chi connectivity index (χ4n) is 3.91. The zero-order valence-electron chi connectivity index (χ0n) is 19.0. The molecule has 0 bridgehead atoms. The van der Waals surface area contributed by atoms with Gasteiger partial charge >= 0.3 is 12.4 Å². The number of hydrogen-bond donors (Lipinski definition) is 1. The largest absolute Gasteiger partial charge is 0.490 e. The van der Waals surface area contributed by atoms with Crippen molar-refractivity contribution in [2.24, 2.45) is 0 Å². The summed E-state index contributed by atoms with van der Waals surface area (Å²) in [6, 6.07) is 23.2. The van der Waals surface area contributed by atoms with Gasteiger partial charge in [-0.25, -0.2) is 0 Å². The van der Waals surface area contributed by atoms with Gasteiger partial charge in [-0.05, 0) is 73.5 Å². The smallest absolute Gasteiger partial charge is 0.429 e. The summed E-state index contributed by atoms with van der Waals surface area (Å²) in [5.41, 5.74) is -2.67. The Morgan fingerprint density at radius 2 is 1.17 bits per heavy atom. The number of anilines is 3. The van der Waals surface area contributed by atoms with Crippen LogP contribution in [0.15, 0.2) is 83.8 Å². The molecule has 4 rings (SSSR count). The maximum absolute atomic E-state index is 12.9. The summed E-state index contributed by atoms with van der Waals surface area (Å²) >= 11 is 0. The first-order valence-corrected chi connectivity index (χ1v) is 12.8. The van der Waals surface area contributed by atoms with Gasteiger partial charge < -0.3 is 14.7 Å². The second-order valence-corrected chi connectivity index (χ2v) is 10.7. The average Bonchev–Trinajstić information content (AvgIpc) is 3.38. The van der Waals surface area contributed by atoms with E-state index in [1.165, 1.54) is 53.5 Å². The minimum Gasteiger partial charge on any atom is -0.490 e. The van der Waals surface area contributed by atoms with Crippen LogP contribution in [0.3, 0.4) is 0 Å². The van der Waals surface area contributed by atoms with E-state index in [4.69, 9.17) is 4.74 Å². The Hall–Kier alpha value is -2.85. The lowest BCUT2D eigenvalue weighted by Crippen LogP contribution is -2.60. The molecule has 3 nitrogen and oxygen atoms in total. The van der Waals surface area contributed by atoms with Crippen LogP contribution in [-0.2, 0) is 10.9 Å². The molecule has 192 valence electrons. The third kappa shape index (κ3) is 5.44. The van der Waals surface area contributed by atoms with Crippen molar-refractivity contribution in [1.82, 2.24) is 0 Å². The van der Waals surface area contributed by atoms with E-state index in [0.29, 0.717) is 5.69 Å². The van der Waals surface area contributed by atoms with E-state index in [9.17, 15) is 31.4 Å². The monoisotopic (exact) mass is 528 g/mol. The molecule has 10 heteroatoms. The second kappa shape index (κ2) is 10.3. The fraction of sp³-hybridized carbons (Fsp3) is 0.308. The van der Waals surface area contributed by atoms with Crippen LogP contribution >= 0.6 is 0 Å². The normalized spacial score (nSPS) is 15.2. The number of para-hydroxylation sites is 1. The quantitative estimate of drug-likeness (QED) is 0.261. The van der Waals surface area contributed by atoms with E-state index < -0.39 is 24.6 Å². The van der Waals surface area contributed by atoms with Crippen molar-refractivity contribution in [1.29, 1.82) is 0 Å². The number of rotatable bonds is 7. The van der Waals surface area contributed by atoms with Crippen molar-refractivity contribution in [2.45, 2.75) is 35.7 Å². The van der Waals surface area contributed by atoms with Gasteiger partial charge in [-0.3, -0.25) is 0 Å². The first kappa shape index (κ1) is 26.2. The highest BCUT2D eigenvalue weighted by atomic mass is 32.2. The number of alkyl halides is 6. The minimum atomic E-state index is -5.94. The van der Waals surface area contributed by atoms with Gasteiger partial charge in [0.15, 0.2) is 4.90 Å². The number of ether oxygens (including phenoxy) is 1. The van der Waals surface area contributed by atoms with Gasteiger partial charge in [-0.1, -0.05) is 18.2 Å². The number of benzene rings is 3. The van der Waals surface area contributed by atoms with Crippen LogP contribution in [0.25, 0.3) is 0 Å². The predicted octanol–water partition coefficient (Wildman–Crippen LogP) is 7.16. The molecule has 0 aliphatic carbocycles. The van der Waals surface area contributed by atoms with E-state index in [-0.39, 0.29) is 16.6 Å². The number of aliphatic hydroxyl groups is 1. The SMILES string of the molecule is OC(COc1ccc(N(c2ccccc2)c2ccc([S+]3CCCC3)cc2)cc1)(C(F)(F)F)C(F)(F)F. The van der Waals surface area contributed by atoms with Crippen LogP contribution < -0.4 is 9.64 Å². The molecule has 1 fully saturated rings. The summed E-state index contributed by atoms with van der Waals surface area (Å²) in [6.07, 6.45) is -9.42. The van der Waals surface area contributed by atoms with Crippen molar-refractivity contribution in [3.8, 4) is 5.75 Å². The summed E-state index contributed by atoms with van der Waals surface area (Å²) in [7, 11) is 0.257. The topological polar surface area (TPSA) is 32.7 Å². The van der Waals surface area contributed by atoms with Gasteiger partial charge in [0.2, 0.25) is 0 Å². The van der Waals surface area contributed by atoms with Crippen LogP contribution in [0, 0.1) is 0 Å². The molecule has 0 spiro atoms. The second-order valence-electron chi connectivity index (χ2n) is 8.41. The van der Waals surface area contributed by atoms with E-state index in [1.807, 2.05) is 47.4 Å². The van der Waals surface area contributed by atoms with Crippen molar-refractivity contribution in [3.63, 3.8) is 0 Å². The van der Waals surface area contributed by atoms with Crippen molar-refractivity contribution in [2.75, 3.05) is 23.0 Å². The van der Waals surface area contributed by atoms with Gasteiger partial charge in [-0.15, -0.1) is 0 Å². The summed E-state index contributed by atoms with van der Waals surface area (Å²) in [4.78, 5) is 3.22. The van der Waals surface area contributed by atoms with Crippen LogP contribution in [0.2, 0.25) is 0 Å². The molecule has 0 aromatic heterocycles. The molecule has 0 unspecified atom stereocenters. The van der Waals surface area contributed by atoms with Crippen LogP contribution in [0.4, 0.5) is 43.4 Å². The molecule has 0 saturated carbocycles. The Bertz CT molecular complexity index is 1110. The molecule has 1 aliphatic heterocycles. The first-order valence-electron chi connectivity index (χ1n) is 11.2. The highest BCUT2D eigenvalue weighted by molar-refractivity contribution is 7.97. The van der Waals surface area contributed by atoms with E-state index >= 15 is 0 Å². The van der Waals surface area contributed by atoms with E-state index in [1.54, 1.807) is 0 Å². The van der Waals surface area contributed by atoms with Gasteiger partial charge in [-0.2, -0.15) is 26.3 Å². The summed E-state index contributed by atoms with van der Waals surface area (Å²) in [5.74, 6) is 2.15. The lowest BCUT2D eigenvalue weighted by molar-refractivity contribution is -0.373. The molecule has 0 amide bonds. The van der Waals surface area contributed by atoms with Gasteiger partial charge in [0.25, 0.3) is 5.60 Å². The lowest BCUT2D eigenvalue weighted by Gasteiger charge is -2.32. The number of halogens is 6. The van der Waals surface area contributed by atoms with Crippen molar-refractivity contribution < 1.29 is 36.2 Å². The molecule has 0 radical (unpaired) electrons. The molecule has 1 N–H and O–H groups in total. The molecular formula is C26H24F6NO2S+. The van der Waals surface area contributed by atoms with E-state index in [0.717, 1.165) is 11.4 Å². The van der Waals surface area contributed by atoms with Crippen LogP contribution in [0.1, 0.15) is 12.8 Å². The standard InChI is InChI=1S/C26H24F6NO2S/c27-25(28,29)24(34,26(30,31)32)18-35-22-12-8-20(9-13-22)33(19-6-2-1-3-7-19)21-10-14-23(15-11-21)36-16-4-5-17-36/h1-3,6-15,34H,4-5,16-18H2/q+1. The Labute approximate surface area is 207 Å². The van der Waals surface area contributed by atoms with Crippen molar-refractivity contribution >= 4 is 28.0 Å². The van der Waals surface area contributed by atoms with Gasteiger partial charge in [0.1, 0.15) is 23.9 Å². The summed E-state index contributed by atoms with van der Waals surface area (Å²) in [5, 5.41) is 9.30. The Balaban J connectivity index is 1.58. The molecule has 1 aliphatic rings. The molecule has 0 atom stereocenters. The van der Waals surface area contributed by atoms with Gasteiger partial charge in [0.05, 0.1) is 0 Å². The Kier molecular flexibility index (Phi) is 7.47. The predicted molar refractivity (Wildman–Crippen MR) is 128 cm³/mol. The highest BCUT2D eigenvalue weighted by Gasteiger charge is 2.71. The number of hydrogen-bond acceptors (Lipinski definition) is 3. The zero-order chi connectivity index (χ0) is 26.0. The Morgan fingerprint density at radius 1 is 0.694 bits per heavy atom. The summed E-state index contributed by atoms with van der Waals surface area (Å²) < 4.78 is 82.3. The van der Waals surface area contributed by atoms with Crippen LogP contribution in [0.5, 0.6) is 5.75 Å². The molecule has 3 aromatic carbocycles. The van der Waals surface area contributed by atoms with Gasteiger partial charge in [0, 0.05) is 28.0 Å². The maximum atomic E-state index is 12.9. The molecule has 36 heavy (non-hydrogen) atoms. The highest BCUT2D eigenvalue weighted by Crippen LogP contribution is 2.43. The van der Waals surface area contributed by atoms with E-state index in [2.05, 4.69) is 12.1 Å². The lowest BCUT2D eigenvalue weighted by atomic mass is 10.0. The molecule has 1 heterocycles.